The van der Waals surface area contributed by atoms with Crippen molar-refractivity contribution >= 4 is 34.9 Å². The van der Waals surface area contributed by atoms with Gasteiger partial charge in [0.05, 0.1) is 18.2 Å². The second kappa shape index (κ2) is 7.85. The van der Waals surface area contributed by atoms with E-state index < -0.39 is 4.92 Å². The summed E-state index contributed by atoms with van der Waals surface area (Å²) in [5.41, 5.74) is 4.00. The summed E-state index contributed by atoms with van der Waals surface area (Å²) in [5.74, 6) is 0.706. The van der Waals surface area contributed by atoms with Crippen LogP contribution in [0.2, 0.25) is 0 Å². The Balaban J connectivity index is 1.93. The molecule has 0 saturated carbocycles. The molecule has 0 spiro atoms. The van der Waals surface area contributed by atoms with Crippen molar-refractivity contribution in [2.45, 2.75) is 0 Å². The van der Waals surface area contributed by atoms with Crippen molar-refractivity contribution in [1.29, 1.82) is 0 Å². The number of hydrogen-bond acceptors (Lipinski definition) is 5. The van der Waals surface area contributed by atoms with E-state index in [1.165, 1.54) is 18.3 Å². The van der Waals surface area contributed by atoms with Gasteiger partial charge in [0.15, 0.2) is 5.11 Å². The van der Waals surface area contributed by atoms with Gasteiger partial charge in [0.1, 0.15) is 5.75 Å². The van der Waals surface area contributed by atoms with E-state index in [1.54, 1.807) is 25.3 Å². The minimum atomic E-state index is -0.459. The maximum absolute atomic E-state index is 10.7. The molecular formula is C15H14N4O3S. The highest BCUT2D eigenvalue weighted by molar-refractivity contribution is 7.80. The Hall–Kier alpha value is -3.00. The van der Waals surface area contributed by atoms with E-state index in [0.717, 1.165) is 5.69 Å². The summed E-state index contributed by atoms with van der Waals surface area (Å²) in [6.07, 6.45) is 1.45. The molecule has 8 heteroatoms. The van der Waals surface area contributed by atoms with Crippen LogP contribution in [0.25, 0.3) is 0 Å². The molecule has 0 aromatic heterocycles. The molecule has 2 aromatic rings. The van der Waals surface area contributed by atoms with E-state index in [1.807, 2.05) is 18.2 Å². The standard InChI is InChI=1S/C15H14N4O3S/c1-22-14-7-3-5-12(9-14)17-15(23)18-16-10-11-4-2-6-13(8-11)19(20)21/h2-10H,1H3,(H2,17,18,23)/b16-10-. The fourth-order valence-corrected chi connectivity index (χ4v) is 1.91. The van der Waals surface area contributed by atoms with E-state index in [0.29, 0.717) is 16.4 Å². The lowest BCUT2D eigenvalue weighted by Gasteiger charge is -2.08. The van der Waals surface area contributed by atoms with Crippen molar-refractivity contribution in [2.24, 2.45) is 5.10 Å². The zero-order chi connectivity index (χ0) is 16.7. The lowest BCUT2D eigenvalue weighted by Crippen LogP contribution is -2.23. The van der Waals surface area contributed by atoms with Gasteiger partial charge in [-0.2, -0.15) is 5.10 Å². The fraction of sp³-hybridized carbons (Fsp3) is 0.0667. The Kier molecular flexibility index (Phi) is 5.59. The zero-order valence-electron chi connectivity index (χ0n) is 12.2. The Labute approximate surface area is 138 Å². The second-order valence-electron chi connectivity index (χ2n) is 4.41. The number of methoxy groups -OCH3 is 1. The number of hydrazone groups is 1. The molecule has 0 radical (unpaired) electrons. The normalized spacial score (nSPS) is 10.3. The first-order chi connectivity index (χ1) is 11.1. The zero-order valence-corrected chi connectivity index (χ0v) is 13.0. The van der Waals surface area contributed by atoms with Crippen LogP contribution in [-0.2, 0) is 0 Å². The third-order valence-corrected chi connectivity index (χ3v) is 2.98. The number of benzene rings is 2. The number of nitrogens with zero attached hydrogens (tertiary/aromatic N) is 2. The van der Waals surface area contributed by atoms with Crippen LogP contribution in [0, 0.1) is 10.1 Å². The highest BCUT2D eigenvalue weighted by atomic mass is 32.1. The highest BCUT2D eigenvalue weighted by Gasteiger charge is 2.04. The first-order valence-electron chi connectivity index (χ1n) is 6.57. The molecule has 2 rings (SSSR count). The number of nitro groups is 1. The van der Waals surface area contributed by atoms with Gasteiger partial charge in [-0.3, -0.25) is 15.5 Å². The van der Waals surface area contributed by atoms with Crippen LogP contribution in [0.1, 0.15) is 5.56 Å². The van der Waals surface area contributed by atoms with E-state index >= 15 is 0 Å². The molecule has 118 valence electrons. The number of ether oxygens (including phenoxy) is 1. The third kappa shape index (κ3) is 5.04. The summed E-state index contributed by atoms with van der Waals surface area (Å²) in [6, 6.07) is 13.4. The SMILES string of the molecule is COc1cccc(NC(=S)N/N=C\c2cccc([N+](=O)[O-])c2)c1. The van der Waals surface area contributed by atoms with Crippen LogP contribution < -0.4 is 15.5 Å². The number of non-ortho nitro benzene ring substituents is 1. The molecule has 0 aliphatic carbocycles. The second-order valence-corrected chi connectivity index (χ2v) is 4.82. The van der Waals surface area contributed by atoms with Crippen LogP contribution in [0.15, 0.2) is 53.6 Å². The minimum Gasteiger partial charge on any atom is -0.497 e. The number of rotatable bonds is 5. The first kappa shape index (κ1) is 16.4. The summed E-state index contributed by atoms with van der Waals surface area (Å²) in [6.45, 7) is 0. The summed E-state index contributed by atoms with van der Waals surface area (Å²) < 4.78 is 5.12. The molecule has 2 aromatic carbocycles. The van der Waals surface area contributed by atoms with E-state index in [2.05, 4.69) is 15.8 Å². The van der Waals surface area contributed by atoms with Gasteiger partial charge in [0.25, 0.3) is 5.69 Å². The maximum Gasteiger partial charge on any atom is 0.270 e. The molecule has 0 amide bonds. The van der Waals surface area contributed by atoms with E-state index in [9.17, 15) is 10.1 Å². The monoisotopic (exact) mass is 330 g/mol. The summed E-state index contributed by atoms with van der Waals surface area (Å²) in [4.78, 5) is 10.2. The van der Waals surface area contributed by atoms with Gasteiger partial charge in [0, 0.05) is 29.4 Å². The third-order valence-electron chi connectivity index (χ3n) is 2.79. The van der Waals surface area contributed by atoms with Crippen molar-refractivity contribution in [2.75, 3.05) is 12.4 Å². The molecule has 0 heterocycles. The predicted octanol–water partition coefficient (Wildman–Crippen LogP) is 2.92. The number of hydrogen-bond donors (Lipinski definition) is 2. The smallest absolute Gasteiger partial charge is 0.270 e. The molecule has 0 bridgehead atoms. The Morgan fingerprint density at radius 1 is 1.30 bits per heavy atom. The van der Waals surface area contributed by atoms with Gasteiger partial charge in [-0.05, 0) is 24.4 Å². The molecule has 7 nitrogen and oxygen atoms in total. The predicted molar refractivity (Wildman–Crippen MR) is 93.0 cm³/mol. The molecule has 0 aliphatic rings. The Morgan fingerprint density at radius 2 is 2.09 bits per heavy atom. The van der Waals surface area contributed by atoms with E-state index in [-0.39, 0.29) is 5.69 Å². The Bertz CT molecular complexity index is 749. The van der Waals surface area contributed by atoms with Gasteiger partial charge in [-0.1, -0.05) is 18.2 Å². The van der Waals surface area contributed by atoms with Crippen molar-refractivity contribution in [1.82, 2.24) is 5.43 Å². The first-order valence-corrected chi connectivity index (χ1v) is 6.98. The van der Waals surface area contributed by atoms with Gasteiger partial charge in [-0.15, -0.1) is 0 Å². The van der Waals surface area contributed by atoms with Gasteiger partial charge < -0.3 is 10.1 Å². The minimum absolute atomic E-state index is 0.00559. The van der Waals surface area contributed by atoms with Crippen LogP contribution in [0.3, 0.4) is 0 Å². The van der Waals surface area contributed by atoms with Crippen molar-refractivity contribution in [3.8, 4) is 5.75 Å². The van der Waals surface area contributed by atoms with Gasteiger partial charge >= 0.3 is 0 Å². The largest absolute Gasteiger partial charge is 0.497 e. The van der Waals surface area contributed by atoms with Crippen molar-refractivity contribution in [3.63, 3.8) is 0 Å². The lowest BCUT2D eigenvalue weighted by molar-refractivity contribution is -0.384. The molecule has 0 unspecified atom stereocenters. The summed E-state index contributed by atoms with van der Waals surface area (Å²) >= 11 is 5.11. The van der Waals surface area contributed by atoms with Crippen LogP contribution in [-0.4, -0.2) is 23.4 Å². The van der Waals surface area contributed by atoms with Crippen LogP contribution in [0.5, 0.6) is 5.75 Å². The molecule has 23 heavy (non-hydrogen) atoms. The molecule has 2 N–H and O–H groups in total. The summed E-state index contributed by atoms with van der Waals surface area (Å²) in [5, 5.41) is 17.9. The van der Waals surface area contributed by atoms with Crippen molar-refractivity contribution < 1.29 is 9.66 Å². The summed E-state index contributed by atoms with van der Waals surface area (Å²) in [7, 11) is 1.58. The molecule has 0 aliphatic heterocycles. The van der Waals surface area contributed by atoms with E-state index in [4.69, 9.17) is 17.0 Å². The molecule has 0 atom stereocenters. The number of nitrogens with one attached hydrogen (secondary N) is 2. The molecular weight excluding hydrogens is 316 g/mol. The maximum atomic E-state index is 10.7. The van der Waals surface area contributed by atoms with Crippen LogP contribution in [0.4, 0.5) is 11.4 Å². The highest BCUT2D eigenvalue weighted by Crippen LogP contribution is 2.16. The molecule has 0 saturated heterocycles. The van der Waals surface area contributed by atoms with Crippen molar-refractivity contribution in [3.05, 3.63) is 64.2 Å². The average Bonchev–Trinajstić information content (AvgIpc) is 2.55. The van der Waals surface area contributed by atoms with Crippen LogP contribution >= 0.6 is 12.2 Å². The topological polar surface area (TPSA) is 88.8 Å². The Morgan fingerprint density at radius 3 is 2.83 bits per heavy atom. The quantitative estimate of drug-likeness (QED) is 0.379. The average molecular weight is 330 g/mol. The molecule has 0 fully saturated rings. The fourth-order valence-electron chi connectivity index (χ4n) is 1.74. The number of nitro benzene ring substituents is 1. The number of anilines is 1. The number of thiocarbonyl (C=S) groups is 1. The lowest BCUT2D eigenvalue weighted by atomic mass is 10.2. The van der Waals surface area contributed by atoms with Gasteiger partial charge in [-0.25, -0.2) is 0 Å². The van der Waals surface area contributed by atoms with Gasteiger partial charge in [0.2, 0.25) is 0 Å².